The number of aryl methyl sites for hydroxylation is 1. The minimum atomic E-state index is -0.0526. The van der Waals surface area contributed by atoms with Gasteiger partial charge in [0.15, 0.2) is 0 Å². The lowest BCUT2D eigenvalue weighted by Crippen LogP contribution is -2.39. The fraction of sp³-hybridized carbons (Fsp3) is 0.562. The fourth-order valence-corrected chi connectivity index (χ4v) is 3.60. The van der Waals surface area contributed by atoms with Crippen molar-refractivity contribution in [2.24, 2.45) is 5.92 Å². The molecule has 1 aliphatic carbocycles. The van der Waals surface area contributed by atoms with E-state index >= 15 is 0 Å². The number of rotatable bonds is 2. The Morgan fingerprint density at radius 2 is 2.15 bits per heavy atom. The molecule has 1 aromatic rings. The van der Waals surface area contributed by atoms with Gasteiger partial charge in [0.25, 0.3) is 0 Å². The second kappa shape index (κ2) is 5.74. The van der Waals surface area contributed by atoms with Gasteiger partial charge in [-0.2, -0.15) is 0 Å². The van der Waals surface area contributed by atoms with E-state index in [-0.39, 0.29) is 11.9 Å². The molecule has 1 heterocycles. The summed E-state index contributed by atoms with van der Waals surface area (Å²) >= 11 is 6.09. The molecule has 3 unspecified atom stereocenters. The molecular formula is C16H21ClN2O. The molecule has 0 radical (unpaired) electrons. The van der Waals surface area contributed by atoms with E-state index in [1.54, 1.807) is 0 Å². The predicted molar refractivity (Wildman–Crippen MR) is 82.1 cm³/mol. The molecular weight excluding hydrogens is 272 g/mol. The van der Waals surface area contributed by atoms with Crippen molar-refractivity contribution in [1.29, 1.82) is 0 Å². The Kier molecular flexibility index (Phi) is 3.99. The lowest BCUT2D eigenvalue weighted by molar-refractivity contribution is -0.117. The number of fused-ring (bicyclic) bond motifs is 1. The molecule has 0 bridgehead atoms. The third-order valence-electron chi connectivity index (χ3n) is 4.62. The van der Waals surface area contributed by atoms with Gasteiger partial charge in [-0.25, -0.2) is 0 Å². The van der Waals surface area contributed by atoms with Crippen molar-refractivity contribution in [2.45, 2.75) is 51.1 Å². The Hall–Kier alpha value is -1.06. The standard InChI is InChI=1S/C16H21ClN2O/c1-10-6-7-12(9-13(10)17)18-16(20)15-8-11-4-2-3-5-14(11)19-15/h6-7,9,11,14-15,19H,2-5,8H2,1H3,(H,18,20). The van der Waals surface area contributed by atoms with E-state index in [0.717, 1.165) is 17.7 Å². The molecule has 108 valence electrons. The number of carbonyl (C=O) groups excluding carboxylic acids is 1. The SMILES string of the molecule is Cc1ccc(NC(=O)C2CC3CCCCC3N2)cc1Cl. The van der Waals surface area contributed by atoms with Gasteiger partial charge in [0, 0.05) is 16.8 Å². The molecule has 1 aliphatic heterocycles. The van der Waals surface area contributed by atoms with Gasteiger partial charge in [0.05, 0.1) is 6.04 Å². The molecule has 1 saturated carbocycles. The average molecular weight is 293 g/mol. The van der Waals surface area contributed by atoms with Crippen molar-refractivity contribution < 1.29 is 4.79 Å². The Balaban J connectivity index is 1.63. The molecule has 3 atom stereocenters. The van der Waals surface area contributed by atoms with Crippen LogP contribution in [0.25, 0.3) is 0 Å². The highest BCUT2D eigenvalue weighted by molar-refractivity contribution is 6.31. The van der Waals surface area contributed by atoms with E-state index in [4.69, 9.17) is 11.6 Å². The largest absolute Gasteiger partial charge is 0.325 e. The second-order valence-corrected chi connectivity index (χ2v) is 6.47. The van der Waals surface area contributed by atoms with Crippen LogP contribution < -0.4 is 10.6 Å². The van der Waals surface area contributed by atoms with Crippen LogP contribution in [0.3, 0.4) is 0 Å². The summed E-state index contributed by atoms with van der Waals surface area (Å²) in [5, 5.41) is 7.16. The zero-order valence-electron chi connectivity index (χ0n) is 11.8. The number of hydrogen-bond donors (Lipinski definition) is 2. The summed E-state index contributed by atoms with van der Waals surface area (Å²) in [6.07, 6.45) is 6.04. The average Bonchev–Trinajstić information content (AvgIpc) is 2.87. The summed E-state index contributed by atoms with van der Waals surface area (Å²) in [6, 6.07) is 6.14. The van der Waals surface area contributed by atoms with Crippen LogP contribution >= 0.6 is 11.6 Å². The topological polar surface area (TPSA) is 41.1 Å². The van der Waals surface area contributed by atoms with Crippen LogP contribution in [0, 0.1) is 12.8 Å². The van der Waals surface area contributed by atoms with Crippen molar-refractivity contribution >= 4 is 23.2 Å². The predicted octanol–water partition coefficient (Wildman–Crippen LogP) is 3.51. The van der Waals surface area contributed by atoms with E-state index in [1.165, 1.54) is 25.7 Å². The number of hydrogen-bond acceptors (Lipinski definition) is 2. The third kappa shape index (κ3) is 2.84. The van der Waals surface area contributed by atoms with Gasteiger partial charge >= 0.3 is 0 Å². The zero-order chi connectivity index (χ0) is 14.1. The van der Waals surface area contributed by atoms with Crippen LogP contribution in [0.4, 0.5) is 5.69 Å². The number of carbonyl (C=O) groups is 1. The molecule has 2 N–H and O–H groups in total. The minimum absolute atomic E-state index is 0.0526. The zero-order valence-corrected chi connectivity index (χ0v) is 12.5. The maximum absolute atomic E-state index is 12.3. The molecule has 0 spiro atoms. The first kappa shape index (κ1) is 13.9. The first-order chi connectivity index (χ1) is 9.63. The first-order valence-corrected chi connectivity index (χ1v) is 7.84. The highest BCUT2D eigenvalue weighted by Gasteiger charge is 2.38. The van der Waals surface area contributed by atoms with Crippen molar-refractivity contribution in [1.82, 2.24) is 5.32 Å². The van der Waals surface area contributed by atoms with Gasteiger partial charge in [-0.1, -0.05) is 30.5 Å². The number of benzene rings is 1. The van der Waals surface area contributed by atoms with Crippen LogP contribution in [0.1, 0.15) is 37.7 Å². The molecule has 0 aromatic heterocycles. The van der Waals surface area contributed by atoms with Crippen LogP contribution in [0.15, 0.2) is 18.2 Å². The van der Waals surface area contributed by atoms with Gasteiger partial charge in [0.2, 0.25) is 5.91 Å². The van der Waals surface area contributed by atoms with Gasteiger partial charge in [-0.15, -0.1) is 0 Å². The van der Waals surface area contributed by atoms with E-state index in [9.17, 15) is 4.79 Å². The molecule has 3 rings (SSSR count). The van der Waals surface area contributed by atoms with Gasteiger partial charge in [-0.05, 0) is 49.8 Å². The van der Waals surface area contributed by atoms with Gasteiger partial charge < -0.3 is 10.6 Å². The van der Waals surface area contributed by atoms with Crippen LogP contribution in [0.2, 0.25) is 5.02 Å². The van der Waals surface area contributed by atoms with Crippen LogP contribution in [-0.2, 0) is 4.79 Å². The monoisotopic (exact) mass is 292 g/mol. The van der Waals surface area contributed by atoms with Crippen molar-refractivity contribution in [3.63, 3.8) is 0 Å². The van der Waals surface area contributed by atoms with Crippen molar-refractivity contribution in [3.8, 4) is 0 Å². The maximum atomic E-state index is 12.3. The lowest BCUT2D eigenvalue weighted by Gasteiger charge is -2.24. The number of halogens is 1. The van der Waals surface area contributed by atoms with Crippen LogP contribution in [-0.4, -0.2) is 18.0 Å². The summed E-state index contributed by atoms with van der Waals surface area (Å²) < 4.78 is 0. The van der Waals surface area contributed by atoms with Crippen molar-refractivity contribution in [2.75, 3.05) is 5.32 Å². The summed E-state index contributed by atoms with van der Waals surface area (Å²) in [5.41, 5.74) is 1.80. The maximum Gasteiger partial charge on any atom is 0.241 e. The highest BCUT2D eigenvalue weighted by Crippen LogP contribution is 2.33. The third-order valence-corrected chi connectivity index (χ3v) is 5.03. The fourth-order valence-electron chi connectivity index (χ4n) is 3.42. The smallest absolute Gasteiger partial charge is 0.241 e. The molecule has 1 aromatic carbocycles. The normalized spacial score (nSPS) is 29.0. The summed E-state index contributed by atoms with van der Waals surface area (Å²) in [7, 11) is 0. The van der Waals surface area contributed by atoms with Gasteiger partial charge in [-0.3, -0.25) is 4.79 Å². The second-order valence-electron chi connectivity index (χ2n) is 6.06. The molecule has 4 heteroatoms. The van der Waals surface area contributed by atoms with E-state index < -0.39 is 0 Å². The molecule has 20 heavy (non-hydrogen) atoms. The van der Waals surface area contributed by atoms with E-state index in [1.807, 2.05) is 25.1 Å². The highest BCUT2D eigenvalue weighted by atomic mass is 35.5. The van der Waals surface area contributed by atoms with E-state index in [0.29, 0.717) is 17.0 Å². The van der Waals surface area contributed by atoms with E-state index in [2.05, 4.69) is 10.6 Å². The Bertz CT molecular complexity index is 503. The Morgan fingerprint density at radius 3 is 2.90 bits per heavy atom. The Morgan fingerprint density at radius 1 is 1.35 bits per heavy atom. The number of anilines is 1. The van der Waals surface area contributed by atoms with Gasteiger partial charge in [0.1, 0.15) is 0 Å². The number of amides is 1. The quantitative estimate of drug-likeness (QED) is 0.876. The summed E-state index contributed by atoms with van der Waals surface area (Å²) in [5.74, 6) is 0.750. The molecule has 1 saturated heterocycles. The number of nitrogens with one attached hydrogen (secondary N) is 2. The van der Waals surface area contributed by atoms with Crippen molar-refractivity contribution in [3.05, 3.63) is 28.8 Å². The molecule has 3 nitrogen and oxygen atoms in total. The molecule has 2 fully saturated rings. The minimum Gasteiger partial charge on any atom is -0.325 e. The van der Waals surface area contributed by atoms with Crippen LogP contribution in [0.5, 0.6) is 0 Å². The molecule has 2 aliphatic rings. The molecule has 1 amide bonds. The summed E-state index contributed by atoms with van der Waals surface area (Å²) in [4.78, 5) is 12.3. The Labute approximate surface area is 125 Å². The lowest BCUT2D eigenvalue weighted by atomic mass is 9.85. The first-order valence-electron chi connectivity index (χ1n) is 7.46. The summed E-state index contributed by atoms with van der Waals surface area (Å²) in [6.45, 7) is 1.96.